The second-order valence-corrected chi connectivity index (χ2v) is 6.80. The summed E-state index contributed by atoms with van der Waals surface area (Å²) in [5, 5.41) is 5.48. The molecule has 30 heavy (non-hydrogen) atoms. The predicted molar refractivity (Wildman–Crippen MR) is 110 cm³/mol. The van der Waals surface area contributed by atoms with Crippen LogP contribution in [0, 0.1) is 0 Å². The fraction of sp³-hybridized carbons (Fsp3) is 0.182. The smallest absolute Gasteiger partial charge is 0.331 e. The van der Waals surface area contributed by atoms with E-state index in [-0.39, 0.29) is 17.8 Å². The van der Waals surface area contributed by atoms with Crippen molar-refractivity contribution >= 4 is 40.6 Å². The van der Waals surface area contributed by atoms with Gasteiger partial charge in [-0.3, -0.25) is 9.59 Å². The van der Waals surface area contributed by atoms with Crippen molar-refractivity contribution in [2.75, 3.05) is 11.9 Å². The molecule has 8 nitrogen and oxygen atoms in total. The molecule has 1 heterocycles. The first-order chi connectivity index (χ1) is 14.6. The molecule has 0 bridgehead atoms. The van der Waals surface area contributed by atoms with Crippen LogP contribution in [0.4, 0.5) is 5.69 Å². The first-order valence-corrected chi connectivity index (χ1v) is 9.48. The minimum absolute atomic E-state index is 0.204. The number of carbonyl (C=O) groups is 3. The Morgan fingerprint density at radius 3 is 2.67 bits per heavy atom. The van der Waals surface area contributed by atoms with Crippen LogP contribution >= 0.6 is 0 Å². The summed E-state index contributed by atoms with van der Waals surface area (Å²) in [5.41, 5.74) is 2.00. The molecule has 0 radical (unpaired) electrons. The maximum Gasteiger partial charge on any atom is 0.331 e. The van der Waals surface area contributed by atoms with Crippen molar-refractivity contribution in [2.45, 2.75) is 18.9 Å². The molecule has 2 aromatic carbocycles. The molecule has 1 aromatic heterocycles. The van der Waals surface area contributed by atoms with Crippen molar-refractivity contribution in [3.05, 3.63) is 66.1 Å². The van der Waals surface area contributed by atoms with E-state index in [0.717, 1.165) is 18.9 Å². The molecule has 0 saturated heterocycles. The van der Waals surface area contributed by atoms with Gasteiger partial charge < -0.3 is 19.8 Å². The number of aromatic nitrogens is 1. The molecule has 1 aliphatic rings. The minimum Gasteiger partial charge on any atom is -0.452 e. The number of nitrogens with zero attached hydrogens (tertiary/aromatic N) is 1. The number of fused-ring (bicyclic) bond motifs is 1. The van der Waals surface area contributed by atoms with Crippen LogP contribution < -0.4 is 10.6 Å². The molecule has 8 heteroatoms. The van der Waals surface area contributed by atoms with Crippen LogP contribution in [0.25, 0.3) is 17.2 Å². The van der Waals surface area contributed by atoms with E-state index in [9.17, 15) is 14.4 Å². The Morgan fingerprint density at radius 1 is 1.10 bits per heavy atom. The van der Waals surface area contributed by atoms with E-state index in [4.69, 9.17) is 9.15 Å². The van der Waals surface area contributed by atoms with Crippen molar-refractivity contribution < 1.29 is 23.5 Å². The fourth-order valence-electron chi connectivity index (χ4n) is 2.75. The number of oxazole rings is 1. The van der Waals surface area contributed by atoms with Crippen molar-refractivity contribution in [3.63, 3.8) is 0 Å². The van der Waals surface area contributed by atoms with Gasteiger partial charge in [-0.2, -0.15) is 0 Å². The van der Waals surface area contributed by atoms with E-state index < -0.39 is 18.5 Å². The van der Waals surface area contributed by atoms with Crippen molar-refractivity contribution in [2.24, 2.45) is 0 Å². The van der Waals surface area contributed by atoms with E-state index in [1.54, 1.807) is 36.4 Å². The van der Waals surface area contributed by atoms with Gasteiger partial charge in [-0.25, -0.2) is 9.78 Å². The highest BCUT2D eigenvalue weighted by molar-refractivity contribution is 6.04. The number of benzene rings is 2. The lowest BCUT2D eigenvalue weighted by Gasteiger charge is -2.11. The van der Waals surface area contributed by atoms with Gasteiger partial charge >= 0.3 is 5.97 Å². The molecule has 1 saturated carbocycles. The van der Waals surface area contributed by atoms with E-state index >= 15 is 0 Å². The summed E-state index contributed by atoms with van der Waals surface area (Å²) in [6, 6.07) is 14.1. The summed E-state index contributed by atoms with van der Waals surface area (Å²) in [4.78, 5) is 40.5. The van der Waals surface area contributed by atoms with Crippen molar-refractivity contribution in [1.29, 1.82) is 0 Å². The molecule has 0 atom stereocenters. The highest BCUT2D eigenvalue weighted by Crippen LogP contribution is 2.21. The molecular weight excluding hydrogens is 386 g/mol. The van der Waals surface area contributed by atoms with Gasteiger partial charge in [-0.15, -0.1) is 0 Å². The molecular formula is C22H19N3O5. The molecule has 0 unspecified atom stereocenters. The number of carbonyl (C=O) groups excluding carboxylic acids is 3. The second kappa shape index (κ2) is 8.60. The average Bonchev–Trinajstić information content (AvgIpc) is 3.46. The van der Waals surface area contributed by atoms with Crippen LogP contribution in [0.2, 0.25) is 0 Å². The largest absolute Gasteiger partial charge is 0.452 e. The van der Waals surface area contributed by atoms with E-state index in [1.807, 2.05) is 12.1 Å². The Bertz CT molecular complexity index is 1100. The Labute approximate surface area is 171 Å². The van der Waals surface area contributed by atoms with E-state index in [0.29, 0.717) is 22.4 Å². The van der Waals surface area contributed by atoms with Gasteiger partial charge in [0.1, 0.15) is 5.52 Å². The van der Waals surface area contributed by atoms with E-state index in [1.165, 1.54) is 6.08 Å². The summed E-state index contributed by atoms with van der Waals surface area (Å²) in [6.07, 6.45) is 4.44. The number of ether oxygens (including phenoxy) is 1. The van der Waals surface area contributed by atoms with Crippen molar-refractivity contribution in [1.82, 2.24) is 10.3 Å². The Balaban J connectivity index is 1.30. The maximum absolute atomic E-state index is 12.3. The third kappa shape index (κ3) is 4.91. The molecule has 2 N–H and O–H groups in total. The van der Waals surface area contributed by atoms with Gasteiger partial charge in [-0.1, -0.05) is 24.3 Å². The number of hydrogen-bond acceptors (Lipinski definition) is 6. The first kappa shape index (κ1) is 19.4. The summed E-state index contributed by atoms with van der Waals surface area (Å²) < 4.78 is 10.4. The van der Waals surface area contributed by atoms with Gasteiger partial charge in [0.15, 0.2) is 12.2 Å². The highest BCUT2D eigenvalue weighted by Gasteiger charge is 2.25. The normalized spacial score (nSPS) is 13.3. The van der Waals surface area contributed by atoms with Crippen LogP contribution in [0.1, 0.15) is 29.1 Å². The number of para-hydroxylation sites is 3. The zero-order valence-corrected chi connectivity index (χ0v) is 16.0. The zero-order chi connectivity index (χ0) is 20.9. The zero-order valence-electron chi connectivity index (χ0n) is 16.0. The molecule has 152 valence electrons. The number of amides is 2. The molecule has 2 amide bonds. The van der Waals surface area contributed by atoms with Crippen LogP contribution in [-0.2, 0) is 14.3 Å². The van der Waals surface area contributed by atoms with Crippen LogP contribution in [0.15, 0.2) is 59.0 Å². The minimum atomic E-state index is -0.716. The van der Waals surface area contributed by atoms with Gasteiger partial charge in [0, 0.05) is 18.2 Å². The lowest BCUT2D eigenvalue weighted by atomic mass is 10.1. The predicted octanol–water partition coefficient (Wildman–Crippen LogP) is 2.92. The Hall–Kier alpha value is -3.94. The van der Waals surface area contributed by atoms with E-state index in [2.05, 4.69) is 15.6 Å². The molecule has 0 aliphatic heterocycles. The third-order valence-corrected chi connectivity index (χ3v) is 4.38. The first-order valence-electron chi connectivity index (χ1n) is 9.48. The number of nitrogens with one attached hydrogen (secondary N) is 2. The molecule has 0 spiro atoms. The molecule has 4 rings (SSSR count). The standard InChI is InChI=1S/C22H19N3O5/c26-19(24-16-6-2-1-5-15(16)22(28)23-14-9-10-14)13-29-21(27)12-11-20-25-17-7-3-4-8-18(17)30-20/h1-8,11-12,14H,9-10,13H2,(H,23,28)(H,24,26)/b12-11+. The average molecular weight is 405 g/mol. The summed E-state index contributed by atoms with van der Waals surface area (Å²) in [6.45, 7) is -0.491. The topological polar surface area (TPSA) is 111 Å². The molecule has 1 aliphatic carbocycles. The van der Waals surface area contributed by atoms with Gasteiger partial charge in [0.05, 0.1) is 11.3 Å². The summed E-state index contributed by atoms with van der Waals surface area (Å²) in [7, 11) is 0. The van der Waals surface area contributed by atoms with Crippen molar-refractivity contribution in [3.8, 4) is 0 Å². The second-order valence-electron chi connectivity index (χ2n) is 6.80. The van der Waals surface area contributed by atoms with Gasteiger partial charge in [0.25, 0.3) is 11.8 Å². The lowest BCUT2D eigenvalue weighted by molar-refractivity contribution is -0.142. The Morgan fingerprint density at radius 2 is 1.87 bits per heavy atom. The van der Waals surface area contributed by atoms with Crippen LogP contribution in [-0.4, -0.2) is 35.4 Å². The molecule has 3 aromatic rings. The third-order valence-electron chi connectivity index (χ3n) is 4.38. The number of anilines is 1. The monoisotopic (exact) mass is 405 g/mol. The van der Waals surface area contributed by atoms with Crippen LogP contribution in [0.3, 0.4) is 0 Å². The number of hydrogen-bond donors (Lipinski definition) is 2. The number of esters is 1. The summed E-state index contributed by atoms with van der Waals surface area (Å²) in [5.74, 6) is -1.25. The Kier molecular flexibility index (Phi) is 5.56. The molecule has 1 fully saturated rings. The fourth-order valence-corrected chi connectivity index (χ4v) is 2.75. The van der Waals surface area contributed by atoms with Gasteiger partial charge in [-0.05, 0) is 37.1 Å². The van der Waals surface area contributed by atoms with Gasteiger partial charge in [0.2, 0.25) is 5.89 Å². The number of rotatable bonds is 7. The maximum atomic E-state index is 12.3. The van der Waals surface area contributed by atoms with Crippen LogP contribution in [0.5, 0.6) is 0 Å². The summed E-state index contributed by atoms with van der Waals surface area (Å²) >= 11 is 0. The quantitative estimate of drug-likeness (QED) is 0.462. The lowest BCUT2D eigenvalue weighted by Crippen LogP contribution is -2.27. The highest BCUT2D eigenvalue weighted by atomic mass is 16.5. The SMILES string of the molecule is O=C(COC(=O)/C=C/c1nc2ccccc2o1)Nc1ccccc1C(=O)NC1CC1.